The standard InChI is InChI=1S/C22H27N3O7S/c1-3-32-22(27)16-4-6-17(7-5-16)23-15-21(26)24-18-8-9-19(30-2)20(14-18)33(28,29)25-10-12-31-13-11-25/h4-9,14,23H,3,10-13,15H2,1-2H3,(H,24,26). The smallest absolute Gasteiger partial charge is 0.338 e. The number of anilines is 2. The van der Waals surface area contributed by atoms with E-state index in [1.165, 1.54) is 23.5 Å². The maximum absolute atomic E-state index is 13.1. The van der Waals surface area contributed by atoms with Gasteiger partial charge in [-0.05, 0) is 49.4 Å². The van der Waals surface area contributed by atoms with E-state index in [2.05, 4.69) is 10.6 Å². The molecule has 2 aromatic carbocycles. The van der Waals surface area contributed by atoms with Gasteiger partial charge in [0, 0.05) is 24.5 Å². The molecule has 0 aliphatic carbocycles. The lowest BCUT2D eigenvalue weighted by Gasteiger charge is -2.26. The van der Waals surface area contributed by atoms with Crippen LogP contribution in [0.1, 0.15) is 17.3 Å². The van der Waals surface area contributed by atoms with Gasteiger partial charge >= 0.3 is 5.97 Å². The molecule has 10 nitrogen and oxygen atoms in total. The third-order valence-corrected chi connectivity index (χ3v) is 6.80. The van der Waals surface area contributed by atoms with E-state index in [1.54, 1.807) is 37.3 Å². The highest BCUT2D eigenvalue weighted by Gasteiger charge is 2.29. The second-order valence-electron chi connectivity index (χ2n) is 7.08. The van der Waals surface area contributed by atoms with E-state index < -0.39 is 16.0 Å². The Hall–Kier alpha value is -3.15. The normalized spacial score (nSPS) is 14.4. The minimum absolute atomic E-state index is 0.0211. The average Bonchev–Trinajstić information content (AvgIpc) is 2.83. The molecule has 1 aliphatic heterocycles. The van der Waals surface area contributed by atoms with Crippen molar-refractivity contribution < 1.29 is 32.2 Å². The van der Waals surface area contributed by atoms with Crippen molar-refractivity contribution in [1.82, 2.24) is 4.31 Å². The average molecular weight is 478 g/mol. The van der Waals surface area contributed by atoms with Crippen molar-refractivity contribution in [2.75, 3.05) is 57.2 Å². The molecular formula is C22H27N3O7S. The molecule has 0 bridgehead atoms. The summed E-state index contributed by atoms with van der Waals surface area (Å²) >= 11 is 0. The highest BCUT2D eigenvalue weighted by molar-refractivity contribution is 7.89. The van der Waals surface area contributed by atoms with Gasteiger partial charge in [0.1, 0.15) is 10.6 Å². The molecule has 0 spiro atoms. The fraction of sp³-hybridized carbons (Fsp3) is 0.364. The number of hydrogen-bond donors (Lipinski definition) is 2. The summed E-state index contributed by atoms with van der Waals surface area (Å²) in [4.78, 5) is 24.1. The van der Waals surface area contributed by atoms with Gasteiger partial charge in [-0.3, -0.25) is 4.79 Å². The Morgan fingerprint density at radius 2 is 1.73 bits per heavy atom. The molecule has 11 heteroatoms. The minimum Gasteiger partial charge on any atom is -0.495 e. The number of sulfonamides is 1. The van der Waals surface area contributed by atoms with Crippen molar-refractivity contribution in [3.05, 3.63) is 48.0 Å². The van der Waals surface area contributed by atoms with Crippen LogP contribution in [0.3, 0.4) is 0 Å². The van der Waals surface area contributed by atoms with Crippen molar-refractivity contribution in [3.63, 3.8) is 0 Å². The van der Waals surface area contributed by atoms with Crippen molar-refractivity contribution in [1.29, 1.82) is 0 Å². The molecule has 0 aromatic heterocycles. The van der Waals surface area contributed by atoms with Gasteiger partial charge in [0.05, 0.1) is 39.0 Å². The number of ether oxygens (including phenoxy) is 3. The minimum atomic E-state index is -3.81. The first-order valence-electron chi connectivity index (χ1n) is 10.4. The van der Waals surface area contributed by atoms with Crippen LogP contribution in [0.4, 0.5) is 11.4 Å². The first kappa shape index (κ1) is 24.5. The largest absolute Gasteiger partial charge is 0.495 e. The molecule has 33 heavy (non-hydrogen) atoms. The monoisotopic (exact) mass is 477 g/mol. The number of carbonyl (C=O) groups is 2. The summed E-state index contributed by atoms with van der Waals surface area (Å²) < 4.78 is 42.9. The van der Waals surface area contributed by atoms with Gasteiger partial charge in [-0.1, -0.05) is 0 Å². The van der Waals surface area contributed by atoms with Gasteiger partial charge in [0.2, 0.25) is 15.9 Å². The molecule has 0 atom stereocenters. The number of carbonyl (C=O) groups excluding carboxylic acids is 2. The molecule has 1 saturated heterocycles. The van der Waals surface area contributed by atoms with Crippen LogP contribution in [0.25, 0.3) is 0 Å². The lowest BCUT2D eigenvalue weighted by atomic mass is 10.2. The molecule has 1 aliphatic rings. The van der Waals surface area contributed by atoms with Crippen LogP contribution in [0.2, 0.25) is 0 Å². The van der Waals surface area contributed by atoms with Crippen LogP contribution in [-0.4, -0.2) is 71.2 Å². The quantitative estimate of drug-likeness (QED) is 0.526. The van der Waals surface area contributed by atoms with Crippen LogP contribution in [0, 0.1) is 0 Å². The summed E-state index contributed by atoms with van der Waals surface area (Å²) in [6.07, 6.45) is 0. The number of hydrogen-bond acceptors (Lipinski definition) is 8. The number of methoxy groups -OCH3 is 1. The number of esters is 1. The predicted octanol–water partition coefficient (Wildman–Crippen LogP) is 1.94. The Labute approximate surface area is 192 Å². The third kappa shape index (κ3) is 6.21. The molecule has 0 saturated carbocycles. The fourth-order valence-electron chi connectivity index (χ4n) is 3.21. The Kier molecular flexibility index (Phi) is 8.26. The zero-order valence-corrected chi connectivity index (χ0v) is 19.3. The summed E-state index contributed by atoms with van der Waals surface area (Å²) in [5.74, 6) is -0.590. The summed E-state index contributed by atoms with van der Waals surface area (Å²) in [5, 5.41) is 5.64. The summed E-state index contributed by atoms with van der Waals surface area (Å²) in [6.45, 7) is 3.11. The third-order valence-electron chi connectivity index (χ3n) is 4.88. The van der Waals surface area contributed by atoms with Gasteiger partial charge in [-0.25, -0.2) is 13.2 Å². The van der Waals surface area contributed by atoms with E-state index in [0.717, 1.165) is 0 Å². The molecule has 1 fully saturated rings. The Bertz CT molecular complexity index is 1080. The SMILES string of the molecule is CCOC(=O)c1ccc(NCC(=O)Nc2ccc(OC)c(S(=O)(=O)N3CCOCC3)c2)cc1. The Balaban J connectivity index is 1.65. The number of amides is 1. The van der Waals surface area contributed by atoms with Crippen LogP contribution in [0.5, 0.6) is 5.75 Å². The summed E-state index contributed by atoms with van der Waals surface area (Å²) in [6, 6.07) is 11.0. The van der Waals surface area contributed by atoms with Crippen molar-refractivity contribution in [2.24, 2.45) is 0 Å². The molecule has 1 amide bonds. The molecule has 1 heterocycles. The van der Waals surface area contributed by atoms with Gasteiger partial charge in [0.25, 0.3) is 0 Å². The molecule has 2 N–H and O–H groups in total. The molecule has 0 unspecified atom stereocenters. The van der Waals surface area contributed by atoms with Crippen LogP contribution < -0.4 is 15.4 Å². The lowest BCUT2D eigenvalue weighted by Crippen LogP contribution is -2.40. The van der Waals surface area contributed by atoms with Gasteiger partial charge in [0.15, 0.2) is 0 Å². The predicted molar refractivity (Wildman–Crippen MR) is 122 cm³/mol. The maximum Gasteiger partial charge on any atom is 0.338 e. The highest BCUT2D eigenvalue weighted by atomic mass is 32.2. The van der Waals surface area contributed by atoms with Crippen molar-refractivity contribution >= 4 is 33.3 Å². The second-order valence-corrected chi connectivity index (χ2v) is 8.99. The number of nitrogens with zero attached hydrogens (tertiary/aromatic N) is 1. The van der Waals surface area contributed by atoms with Crippen molar-refractivity contribution in [3.8, 4) is 5.75 Å². The molecule has 0 radical (unpaired) electrons. The Morgan fingerprint density at radius 1 is 1.06 bits per heavy atom. The van der Waals surface area contributed by atoms with E-state index >= 15 is 0 Å². The summed E-state index contributed by atoms with van der Waals surface area (Å²) in [5.41, 5.74) is 1.38. The highest BCUT2D eigenvalue weighted by Crippen LogP contribution is 2.30. The van der Waals surface area contributed by atoms with Crippen LogP contribution in [0.15, 0.2) is 47.4 Å². The maximum atomic E-state index is 13.1. The molecular weight excluding hydrogens is 450 g/mol. The first-order chi connectivity index (χ1) is 15.8. The lowest BCUT2D eigenvalue weighted by molar-refractivity contribution is -0.114. The molecule has 178 valence electrons. The van der Waals surface area contributed by atoms with Crippen LogP contribution >= 0.6 is 0 Å². The van der Waals surface area contributed by atoms with E-state index in [0.29, 0.717) is 36.8 Å². The number of morpholine rings is 1. The number of benzene rings is 2. The van der Waals surface area contributed by atoms with E-state index in [9.17, 15) is 18.0 Å². The van der Waals surface area contributed by atoms with Gasteiger partial charge < -0.3 is 24.8 Å². The van der Waals surface area contributed by atoms with Crippen molar-refractivity contribution in [2.45, 2.75) is 11.8 Å². The van der Waals surface area contributed by atoms with E-state index in [-0.39, 0.29) is 36.2 Å². The molecule has 2 aromatic rings. The zero-order chi connectivity index (χ0) is 23.8. The van der Waals surface area contributed by atoms with Gasteiger partial charge in [-0.2, -0.15) is 4.31 Å². The topological polar surface area (TPSA) is 123 Å². The van der Waals surface area contributed by atoms with Gasteiger partial charge in [-0.15, -0.1) is 0 Å². The Morgan fingerprint density at radius 3 is 2.36 bits per heavy atom. The second kappa shape index (κ2) is 11.1. The van der Waals surface area contributed by atoms with E-state index in [4.69, 9.17) is 14.2 Å². The number of nitrogens with one attached hydrogen (secondary N) is 2. The van der Waals surface area contributed by atoms with Crippen LogP contribution in [-0.2, 0) is 24.3 Å². The summed E-state index contributed by atoms with van der Waals surface area (Å²) in [7, 11) is -2.42. The number of rotatable bonds is 9. The fourth-order valence-corrected chi connectivity index (χ4v) is 4.80. The molecule has 3 rings (SSSR count). The zero-order valence-electron chi connectivity index (χ0n) is 18.5. The first-order valence-corrected chi connectivity index (χ1v) is 11.9. The van der Waals surface area contributed by atoms with E-state index in [1.807, 2.05) is 0 Å².